The smallest absolute Gasteiger partial charge is 0.159 e. The van der Waals surface area contributed by atoms with Crippen LogP contribution in [0.2, 0.25) is 0 Å². The summed E-state index contributed by atoms with van der Waals surface area (Å²) in [5.41, 5.74) is 3.22. The topological polar surface area (TPSA) is 34.0 Å². The van der Waals surface area contributed by atoms with Gasteiger partial charge in [-0.05, 0) is 33.1 Å². The van der Waals surface area contributed by atoms with Crippen LogP contribution < -0.4 is 0 Å². The molecule has 0 spiro atoms. The highest BCUT2D eigenvalue weighted by Crippen LogP contribution is 2.25. The fraction of sp³-hybridized carbons (Fsp3) is 0.333. The highest BCUT2D eigenvalue weighted by molar-refractivity contribution is 6.04. The Balaban J connectivity index is 2.09. The van der Waals surface area contributed by atoms with Gasteiger partial charge in [0.05, 0.1) is 5.52 Å². The van der Waals surface area contributed by atoms with Crippen LogP contribution in [0.15, 0.2) is 36.7 Å². The first-order valence-electron chi connectivity index (χ1n) is 6.60. The largest absolute Gasteiger partial charge is 0.324 e. The molecule has 0 N–H and O–H groups in total. The predicted octanol–water partition coefficient (Wildman–Crippen LogP) is 2.54. The van der Waals surface area contributed by atoms with Gasteiger partial charge in [0, 0.05) is 24.3 Å². The van der Waals surface area contributed by atoms with E-state index in [0.717, 1.165) is 30.7 Å². The zero-order chi connectivity index (χ0) is 13.2. The van der Waals surface area contributed by atoms with E-state index in [0.29, 0.717) is 0 Å². The van der Waals surface area contributed by atoms with Crippen molar-refractivity contribution in [1.29, 1.82) is 0 Å². The van der Waals surface area contributed by atoms with Crippen molar-refractivity contribution < 1.29 is 0 Å². The van der Waals surface area contributed by atoms with Crippen LogP contribution in [0.3, 0.4) is 0 Å². The molecule has 3 aromatic rings. The molecular weight excluding hydrogens is 236 g/mol. The van der Waals surface area contributed by atoms with E-state index in [4.69, 9.17) is 0 Å². The van der Waals surface area contributed by atoms with Crippen LogP contribution in [0.4, 0.5) is 0 Å². The van der Waals surface area contributed by atoms with Crippen molar-refractivity contribution >= 4 is 22.1 Å². The van der Waals surface area contributed by atoms with Crippen LogP contribution in [0.1, 0.15) is 6.42 Å². The van der Waals surface area contributed by atoms with Gasteiger partial charge < -0.3 is 9.47 Å². The van der Waals surface area contributed by atoms with Gasteiger partial charge in [-0.3, -0.25) is 4.98 Å². The SMILES string of the molecule is CN(C)CCCn1c2ccccc2c2nccnc21. The summed E-state index contributed by atoms with van der Waals surface area (Å²) in [4.78, 5) is 11.2. The van der Waals surface area contributed by atoms with Crippen molar-refractivity contribution in [2.45, 2.75) is 13.0 Å². The van der Waals surface area contributed by atoms with E-state index in [9.17, 15) is 0 Å². The Bertz CT molecular complexity index is 646. The number of hydrogen-bond donors (Lipinski definition) is 0. The maximum Gasteiger partial charge on any atom is 0.159 e. The maximum absolute atomic E-state index is 4.50. The van der Waals surface area contributed by atoms with E-state index in [1.165, 1.54) is 10.9 Å². The van der Waals surface area contributed by atoms with Gasteiger partial charge in [-0.25, -0.2) is 4.98 Å². The number of nitrogens with zero attached hydrogens (tertiary/aromatic N) is 4. The molecule has 4 heteroatoms. The number of benzene rings is 1. The Morgan fingerprint density at radius 2 is 1.89 bits per heavy atom. The van der Waals surface area contributed by atoms with Crippen LogP contribution in [0.5, 0.6) is 0 Å². The van der Waals surface area contributed by atoms with E-state index < -0.39 is 0 Å². The molecule has 0 saturated heterocycles. The van der Waals surface area contributed by atoms with Crippen molar-refractivity contribution in [2.75, 3.05) is 20.6 Å². The van der Waals surface area contributed by atoms with E-state index in [2.05, 4.69) is 57.8 Å². The van der Waals surface area contributed by atoms with Crippen molar-refractivity contribution in [3.63, 3.8) is 0 Å². The molecule has 3 rings (SSSR count). The first kappa shape index (κ1) is 12.1. The minimum Gasteiger partial charge on any atom is -0.324 e. The third kappa shape index (κ3) is 2.19. The molecule has 0 amide bonds. The van der Waals surface area contributed by atoms with E-state index in [-0.39, 0.29) is 0 Å². The van der Waals surface area contributed by atoms with Crippen molar-refractivity contribution in [3.05, 3.63) is 36.7 Å². The molecule has 19 heavy (non-hydrogen) atoms. The molecular formula is C15H18N4. The molecule has 0 saturated carbocycles. The minimum atomic E-state index is 0.973. The Kier molecular flexibility index (Phi) is 3.17. The van der Waals surface area contributed by atoms with Gasteiger partial charge in [0.25, 0.3) is 0 Å². The summed E-state index contributed by atoms with van der Waals surface area (Å²) >= 11 is 0. The van der Waals surface area contributed by atoms with E-state index in [1.807, 2.05) is 0 Å². The lowest BCUT2D eigenvalue weighted by Crippen LogP contribution is -2.15. The Morgan fingerprint density at radius 1 is 1.11 bits per heavy atom. The molecule has 0 atom stereocenters. The van der Waals surface area contributed by atoms with Crippen LogP contribution in [-0.4, -0.2) is 40.1 Å². The monoisotopic (exact) mass is 254 g/mol. The van der Waals surface area contributed by atoms with Crippen molar-refractivity contribution in [2.24, 2.45) is 0 Å². The number of aromatic nitrogens is 3. The summed E-state index contributed by atoms with van der Waals surface area (Å²) < 4.78 is 2.28. The Hall–Kier alpha value is -1.94. The normalized spacial score (nSPS) is 11.7. The highest BCUT2D eigenvalue weighted by Gasteiger charge is 2.11. The molecule has 0 radical (unpaired) electrons. The number of para-hydroxylation sites is 1. The fourth-order valence-corrected chi connectivity index (χ4v) is 2.51. The Morgan fingerprint density at radius 3 is 2.74 bits per heavy atom. The van der Waals surface area contributed by atoms with E-state index >= 15 is 0 Å². The maximum atomic E-state index is 4.50. The summed E-state index contributed by atoms with van der Waals surface area (Å²) in [6.45, 7) is 2.05. The second-order valence-electron chi connectivity index (χ2n) is 5.05. The van der Waals surface area contributed by atoms with Crippen LogP contribution in [0.25, 0.3) is 22.1 Å². The summed E-state index contributed by atoms with van der Waals surface area (Å²) in [6.07, 6.45) is 4.64. The molecule has 0 aliphatic heterocycles. The predicted molar refractivity (Wildman–Crippen MR) is 78.2 cm³/mol. The molecule has 0 aliphatic rings. The lowest BCUT2D eigenvalue weighted by molar-refractivity contribution is 0.389. The van der Waals surface area contributed by atoms with Crippen LogP contribution in [0, 0.1) is 0 Å². The molecule has 0 unspecified atom stereocenters. The number of aryl methyl sites for hydroxylation is 1. The van der Waals surface area contributed by atoms with E-state index in [1.54, 1.807) is 12.4 Å². The third-order valence-corrected chi connectivity index (χ3v) is 3.37. The number of rotatable bonds is 4. The zero-order valence-electron chi connectivity index (χ0n) is 11.4. The summed E-state index contributed by atoms with van der Waals surface area (Å²) in [5, 5.41) is 1.19. The lowest BCUT2D eigenvalue weighted by Gasteiger charge is -2.10. The van der Waals surface area contributed by atoms with Gasteiger partial charge in [0.15, 0.2) is 5.65 Å². The molecule has 0 bridgehead atoms. The standard InChI is InChI=1S/C15H18N4/c1-18(2)10-5-11-19-13-7-4-3-6-12(13)14-15(19)17-9-8-16-14/h3-4,6-9H,5,10-11H2,1-2H3. The zero-order valence-corrected chi connectivity index (χ0v) is 11.4. The van der Waals surface area contributed by atoms with Crippen LogP contribution in [-0.2, 0) is 6.54 Å². The van der Waals surface area contributed by atoms with Crippen molar-refractivity contribution in [1.82, 2.24) is 19.4 Å². The second kappa shape index (κ2) is 4.97. The van der Waals surface area contributed by atoms with Crippen LogP contribution >= 0.6 is 0 Å². The van der Waals surface area contributed by atoms with Gasteiger partial charge in [0.1, 0.15) is 5.52 Å². The molecule has 0 aliphatic carbocycles. The Labute approximate surface area is 112 Å². The third-order valence-electron chi connectivity index (χ3n) is 3.37. The average Bonchev–Trinajstić information content (AvgIpc) is 2.74. The minimum absolute atomic E-state index is 0.973. The first-order chi connectivity index (χ1) is 9.27. The first-order valence-corrected chi connectivity index (χ1v) is 6.60. The van der Waals surface area contributed by atoms with Gasteiger partial charge in [-0.1, -0.05) is 18.2 Å². The molecule has 4 nitrogen and oxygen atoms in total. The number of fused-ring (bicyclic) bond motifs is 3. The quantitative estimate of drug-likeness (QED) is 0.717. The van der Waals surface area contributed by atoms with Gasteiger partial charge in [-0.15, -0.1) is 0 Å². The van der Waals surface area contributed by atoms with Gasteiger partial charge >= 0.3 is 0 Å². The summed E-state index contributed by atoms with van der Waals surface area (Å²) in [5.74, 6) is 0. The molecule has 2 heterocycles. The van der Waals surface area contributed by atoms with Gasteiger partial charge in [0.2, 0.25) is 0 Å². The van der Waals surface area contributed by atoms with Crippen molar-refractivity contribution in [3.8, 4) is 0 Å². The summed E-state index contributed by atoms with van der Waals surface area (Å²) in [6, 6.07) is 8.40. The molecule has 98 valence electrons. The molecule has 2 aromatic heterocycles. The number of hydrogen-bond acceptors (Lipinski definition) is 3. The summed E-state index contributed by atoms with van der Waals surface area (Å²) in [7, 11) is 4.21. The lowest BCUT2D eigenvalue weighted by atomic mass is 10.2. The van der Waals surface area contributed by atoms with Gasteiger partial charge in [-0.2, -0.15) is 0 Å². The second-order valence-corrected chi connectivity index (χ2v) is 5.05. The fourth-order valence-electron chi connectivity index (χ4n) is 2.51. The highest BCUT2D eigenvalue weighted by atomic mass is 15.1. The molecule has 1 aromatic carbocycles. The average molecular weight is 254 g/mol. The molecule has 0 fully saturated rings.